The van der Waals surface area contributed by atoms with Gasteiger partial charge in [0, 0.05) is 5.56 Å². The van der Waals surface area contributed by atoms with E-state index in [1.807, 2.05) is 48.5 Å². The highest BCUT2D eigenvalue weighted by molar-refractivity contribution is 5.87. The maximum atomic E-state index is 5.06. The summed E-state index contributed by atoms with van der Waals surface area (Å²) in [6, 6.07) is 16.1. The van der Waals surface area contributed by atoms with E-state index in [4.69, 9.17) is 4.84 Å². The van der Waals surface area contributed by atoms with Crippen LogP contribution in [0.5, 0.6) is 0 Å². The monoisotopic (exact) mass is 251 g/mol. The molecule has 0 amide bonds. The average molecular weight is 251 g/mol. The Hall–Kier alpha value is -2.32. The lowest BCUT2D eigenvalue weighted by Crippen LogP contribution is -2.02. The van der Waals surface area contributed by atoms with Gasteiger partial charge in [-0.15, -0.1) is 0 Å². The van der Waals surface area contributed by atoms with E-state index in [9.17, 15) is 0 Å². The van der Waals surface area contributed by atoms with Gasteiger partial charge in [-0.2, -0.15) is 0 Å². The van der Waals surface area contributed by atoms with Crippen molar-refractivity contribution in [3.8, 4) is 0 Å². The second-order valence-electron chi connectivity index (χ2n) is 4.12. The van der Waals surface area contributed by atoms with E-state index in [-0.39, 0.29) is 0 Å². The van der Waals surface area contributed by atoms with Gasteiger partial charge < -0.3 is 0 Å². The van der Waals surface area contributed by atoms with Crippen LogP contribution in [0.1, 0.15) is 16.7 Å². The number of hydrogen-bond acceptors (Lipinski definition) is 2. The highest BCUT2D eigenvalue weighted by Crippen LogP contribution is 2.31. The molecular formula is C17H17NO. The Balaban J connectivity index is 2.50. The van der Waals surface area contributed by atoms with Crippen LogP contribution in [0.2, 0.25) is 0 Å². The van der Waals surface area contributed by atoms with Gasteiger partial charge in [0.25, 0.3) is 0 Å². The molecule has 0 atom stereocenters. The Morgan fingerprint density at radius 2 is 1.84 bits per heavy atom. The molecule has 2 aromatic rings. The van der Waals surface area contributed by atoms with Gasteiger partial charge >= 0.3 is 0 Å². The summed E-state index contributed by atoms with van der Waals surface area (Å²) in [5.41, 5.74) is 7.82. The molecule has 2 rings (SSSR count). The molecule has 0 saturated heterocycles. The predicted molar refractivity (Wildman–Crippen MR) is 81.7 cm³/mol. The van der Waals surface area contributed by atoms with Crippen molar-refractivity contribution < 1.29 is 4.84 Å². The topological polar surface area (TPSA) is 21.3 Å². The summed E-state index contributed by atoms with van der Waals surface area (Å²) in [6.45, 7) is 8.01. The molecule has 0 radical (unpaired) electrons. The van der Waals surface area contributed by atoms with E-state index in [0.29, 0.717) is 0 Å². The first-order valence-electron chi connectivity index (χ1n) is 6.07. The standard InChI is InChI=1S/C17H17NO/c1-4-14-11-8-12-16(17(14)18-19-3)13(2)15-9-6-5-7-10-15/h4-12,18H,1-2H2,3H3. The largest absolute Gasteiger partial charge is 0.279 e. The molecule has 0 aliphatic rings. The van der Waals surface area contributed by atoms with E-state index >= 15 is 0 Å². The summed E-state index contributed by atoms with van der Waals surface area (Å²) in [4.78, 5) is 5.06. The molecule has 0 aromatic heterocycles. The second-order valence-corrected chi connectivity index (χ2v) is 4.12. The Morgan fingerprint density at radius 1 is 1.11 bits per heavy atom. The molecule has 2 heteroatoms. The fourth-order valence-electron chi connectivity index (χ4n) is 2.00. The molecule has 96 valence electrons. The smallest absolute Gasteiger partial charge is 0.0754 e. The molecule has 0 aliphatic heterocycles. The van der Waals surface area contributed by atoms with E-state index in [1.54, 1.807) is 13.2 Å². The Bertz CT molecular complexity index is 587. The summed E-state index contributed by atoms with van der Waals surface area (Å²) < 4.78 is 0. The van der Waals surface area contributed by atoms with E-state index in [2.05, 4.69) is 18.6 Å². The molecule has 0 aliphatic carbocycles. The molecule has 2 nitrogen and oxygen atoms in total. The molecular weight excluding hydrogens is 234 g/mol. The van der Waals surface area contributed by atoms with Crippen molar-refractivity contribution in [1.82, 2.24) is 0 Å². The number of anilines is 1. The van der Waals surface area contributed by atoms with Gasteiger partial charge in [-0.25, -0.2) is 0 Å². The minimum absolute atomic E-state index is 0.883. The number of rotatable bonds is 5. The predicted octanol–water partition coefficient (Wildman–Crippen LogP) is 4.36. The Kier molecular flexibility index (Phi) is 4.16. The Morgan fingerprint density at radius 3 is 2.47 bits per heavy atom. The molecule has 0 heterocycles. The number of para-hydroxylation sites is 1. The van der Waals surface area contributed by atoms with Crippen LogP contribution < -0.4 is 5.48 Å². The molecule has 0 saturated carbocycles. The highest BCUT2D eigenvalue weighted by Gasteiger charge is 2.10. The summed E-state index contributed by atoms with van der Waals surface area (Å²) in [5, 5.41) is 0. The zero-order chi connectivity index (χ0) is 13.7. The summed E-state index contributed by atoms with van der Waals surface area (Å²) in [5.74, 6) is 0. The normalized spacial score (nSPS) is 9.95. The van der Waals surface area contributed by atoms with Crippen LogP contribution in [0.3, 0.4) is 0 Å². The van der Waals surface area contributed by atoms with Gasteiger partial charge in [0.2, 0.25) is 0 Å². The fraction of sp³-hybridized carbons (Fsp3) is 0.0588. The molecule has 0 fully saturated rings. The van der Waals surface area contributed by atoms with Gasteiger partial charge in [-0.3, -0.25) is 10.3 Å². The highest BCUT2D eigenvalue weighted by atomic mass is 16.6. The van der Waals surface area contributed by atoms with Gasteiger partial charge in [0.1, 0.15) is 0 Å². The Labute approximate surface area is 114 Å². The van der Waals surface area contributed by atoms with Crippen LogP contribution in [-0.4, -0.2) is 7.11 Å². The van der Waals surface area contributed by atoms with Gasteiger partial charge in [0.05, 0.1) is 12.8 Å². The quantitative estimate of drug-likeness (QED) is 0.797. The van der Waals surface area contributed by atoms with Gasteiger partial charge in [0.15, 0.2) is 0 Å². The summed E-state index contributed by atoms with van der Waals surface area (Å²) in [7, 11) is 1.59. The second kappa shape index (κ2) is 6.03. The van der Waals surface area contributed by atoms with Crippen LogP contribution in [0.15, 0.2) is 61.7 Å². The maximum absolute atomic E-state index is 5.06. The molecule has 1 N–H and O–H groups in total. The minimum Gasteiger partial charge on any atom is -0.279 e. The van der Waals surface area contributed by atoms with Crippen molar-refractivity contribution in [2.75, 3.05) is 12.6 Å². The van der Waals surface area contributed by atoms with Gasteiger partial charge in [-0.05, 0) is 16.7 Å². The lowest BCUT2D eigenvalue weighted by Gasteiger charge is -2.15. The third-order valence-electron chi connectivity index (χ3n) is 2.97. The van der Waals surface area contributed by atoms with Gasteiger partial charge in [-0.1, -0.05) is 67.8 Å². The van der Waals surface area contributed by atoms with Crippen LogP contribution >= 0.6 is 0 Å². The number of hydrogen-bond donors (Lipinski definition) is 1. The van der Waals surface area contributed by atoms with Crippen LogP contribution in [0.4, 0.5) is 5.69 Å². The zero-order valence-corrected chi connectivity index (χ0v) is 11.0. The lowest BCUT2D eigenvalue weighted by molar-refractivity contribution is 0.271. The summed E-state index contributed by atoms with van der Waals surface area (Å²) >= 11 is 0. The number of nitrogens with one attached hydrogen (secondary N) is 1. The first kappa shape index (κ1) is 13.1. The van der Waals surface area contributed by atoms with Crippen molar-refractivity contribution in [3.63, 3.8) is 0 Å². The first-order valence-corrected chi connectivity index (χ1v) is 6.07. The van der Waals surface area contributed by atoms with E-state index in [0.717, 1.165) is 28.0 Å². The van der Waals surface area contributed by atoms with Crippen molar-refractivity contribution in [3.05, 3.63) is 78.4 Å². The van der Waals surface area contributed by atoms with Crippen LogP contribution in [-0.2, 0) is 4.84 Å². The maximum Gasteiger partial charge on any atom is 0.0754 e. The molecule has 0 bridgehead atoms. The van der Waals surface area contributed by atoms with Crippen LogP contribution in [0, 0.1) is 0 Å². The van der Waals surface area contributed by atoms with Crippen molar-refractivity contribution in [2.24, 2.45) is 0 Å². The van der Waals surface area contributed by atoms with E-state index in [1.165, 1.54) is 0 Å². The lowest BCUT2D eigenvalue weighted by atomic mass is 9.96. The molecule has 0 unspecified atom stereocenters. The third-order valence-corrected chi connectivity index (χ3v) is 2.97. The third kappa shape index (κ3) is 2.75. The van der Waals surface area contributed by atoms with Crippen molar-refractivity contribution >= 4 is 17.3 Å². The minimum atomic E-state index is 0.883. The molecule has 2 aromatic carbocycles. The van der Waals surface area contributed by atoms with Crippen LogP contribution in [0.25, 0.3) is 11.6 Å². The number of benzene rings is 2. The van der Waals surface area contributed by atoms with Crippen molar-refractivity contribution in [2.45, 2.75) is 0 Å². The first-order chi connectivity index (χ1) is 9.27. The molecule has 0 spiro atoms. The summed E-state index contributed by atoms with van der Waals surface area (Å²) in [6.07, 6.45) is 1.79. The van der Waals surface area contributed by atoms with E-state index < -0.39 is 0 Å². The van der Waals surface area contributed by atoms with Crippen molar-refractivity contribution in [1.29, 1.82) is 0 Å². The average Bonchev–Trinajstić information content (AvgIpc) is 2.48. The fourth-order valence-corrected chi connectivity index (χ4v) is 2.00. The zero-order valence-electron chi connectivity index (χ0n) is 11.0. The SMILES string of the molecule is C=Cc1cccc(C(=C)c2ccccc2)c1NOC. The molecule has 19 heavy (non-hydrogen) atoms.